The van der Waals surface area contributed by atoms with Crippen molar-refractivity contribution in [2.45, 2.75) is 26.9 Å². The summed E-state index contributed by atoms with van der Waals surface area (Å²) in [6, 6.07) is 4.02. The molecule has 0 unspecified atom stereocenters. The van der Waals surface area contributed by atoms with E-state index in [2.05, 4.69) is 39.8 Å². The summed E-state index contributed by atoms with van der Waals surface area (Å²) in [5.74, 6) is 0.896. The van der Waals surface area contributed by atoms with Gasteiger partial charge in [-0.25, -0.2) is 4.98 Å². The highest BCUT2D eigenvalue weighted by molar-refractivity contribution is 5.29. The summed E-state index contributed by atoms with van der Waals surface area (Å²) in [7, 11) is 0. The fourth-order valence-electron chi connectivity index (χ4n) is 1.60. The molecule has 0 aromatic carbocycles. The van der Waals surface area contributed by atoms with Crippen molar-refractivity contribution < 1.29 is 0 Å². The van der Waals surface area contributed by atoms with E-state index in [0.29, 0.717) is 6.54 Å². The number of nitrogens with one attached hydrogen (secondary N) is 1. The Kier molecular flexibility index (Phi) is 3.19. The third kappa shape index (κ3) is 2.21. The van der Waals surface area contributed by atoms with Crippen molar-refractivity contribution >= 4 is 5.95 Å². The van der Waals surface area contributed by atoms with Crippen LogP contribution < -0.4 is 5.32 Å². The van der Waals surface area contributed by atoms with Crippen molar-refractivity contribution in [3.63, 3.8) is 0 Å². The van der Waals surface area contributed by atoms with Gasteiger partial charge in [0, 0.05) is 25.1 Å². The van der Waals surface area contributed by atoms with E-state index in [0.717, 1.165) is 18.2 Å². The molecule has 0 fully saturated rings. The molecule has 2 aromatic rings. The lowest BCUT2D eigenvalue weighted by Crippen LogP contribution is -2.08. The van der Waals surface area contributed by atoms with Gasteiger partial charge in [-0.15, -0.1) is 0 Å². The lowest BCUT2D eigenvalue weighted by Gasteiger charge is -2.08. The molecule has 0 aliphatic carbocycles. The van der Waals surface area contributed by atoms with E-state index in [9.17, 15) is 0 Å². The van der Waals surface area contributed by atoms with Crippen LogP contribution in [0.2, 0.25) is 0 Å². The number of hydrogen-bond acceptors (Lipinski definition) is 3. The molecule has 84 valence electrons. The fourth-order valence-corrected chi connectivity index (χ4v) is 1.60. The first-order valence-electron chi connectivity index (χ1n) is 5.46. The van der Waals surface area contributed by atoms with Crippen molar-refractivity contribution in [3.05, 3.63) is 42.0 Å². The topological polar surface area (TPSA) is 42.7 Å². The standard InChI is InChI=1S/C12H16N4/c1-3-16-8-7-14-12(16)15-9-11-10(2)5-4-6-13-11/h4-8H,3,9H2,1-2H3,(H,14,15). The Morgan fingerprint density at radius 1 is 1.31 bits per heavy atom. The number of anilines is 1. The Labute approximate surface area is 95.4 Å². The number of rotatable bonds is 4. The predicted octanol–water partition coefficient (Wildman–Crippen LogP) is 2.22. The maximum absolute atomic E-state index is 4.33. The van der Waals surface area contributed by atoms with Gasteiger partial charge < -0.3 is 9.88 Å². The number of nitrogens with zero attached hydrogens (tertiary/aromatic N) is 3. The van der Waals surface area contributed by atoms with E-state index >= 15 is 0 Å². The number of imidazole rings is 1. The Morgan fingerprint density at radius 2 is 2.19 bits per heavy atom. The highest BCUT2D eigenvalue weighted by atomic mass is 15.2. The molecule has 2 heterocycles. The van der Waals surface area contributed by atoms with Crippen LogP contribution in [-0.4, -0.2) is 14.5 Å². The molecule has 2 rings (SSSR count). The summed E-state index contributed by atoms with van der Waals surface area (Å²) >= 11 is 0. The van der Waals surface area contributed by atoms with Crippen LogP contribution >= 0.6 is 0 Å². The van der Waals surface area contributed by atoms with Crippen molar-refractivity contribution in [2.75, 3.05) is 5.32 Å². The first-order chi connectivity index (χ1) is 7.81. The van der Waals surface area contributed by atoms with Gasteiger partial charge in [0.25, 0.3) is 0 Å². The smallest absolute Gasteiger partial charge is 0.203 e. The Bertz CT molecular complexity index is 462. The molecular weight excluding hydrogens is 200 g/mol. The molecule has 0 amide bonds. The fraction of sp³-hybridized carbons (Fsp3) is 0.333. The molecule has 0 saturated heterocycles. The van der Waals surface area contributed by atoms with E-state index in [-0.39, 0.29) is 0 Å². The summed E-state index contributed by atoms with van der Waals surface area (Å²) in [5.41, 5.74) is 2.26. The second-order valence-electron chi connectivity index (χ2n) is 3.66. The molecule has 0 radical (unpaired) electrons. The lowest BCUT2D eigenvalue weighted by atomic mass is 10.2. The quantitative estimate of drug-likeness (QED) is 0.852. The highest BCUT2D eigenvalue weighted by Gasteiger charge is 2.02. The zero-order valence-electron chi connectivity index (χ0n) is 9.64. The van der Waals surface area contributed by atoms with Gasteiger partial charge in [0.2, 0.25) is 5.95 Å². The number of pyridine rings is 1. The third-order valence-electron chi connectivity index (χ3n) is 2.59. The third-order valence-corrected chi connectivity index (χ3v) is 2.59. The molecule has 1 N–H and O–H groups in total. The minimum atomic E-state index is 0.712. The van der Waals surface area contributed by atoms with E-state index in [1.54, 1.807) is 6.20 Å². The molecule has 0 bridgehead atoms. The van der Waals surface area contributed by atoms with Gasteiger partial charge in [0.05, 0.1) is 12.2 Å². The first kappa shape index (κ1) is 10.7. The predicted molar refractivity (Wildman–Crippen MR) is 64.2 cm³/mol. The van der Waals surface area contributed by atoms with E-state index in [1.807, 2.05) is 18.5 Å². The average Bonchev–Trinajstić information content (AvgIpc) is 2.75. The molecule has 4 heteroatoms. The average molecular weight is 216 g/mol. The number of hydrogen-bond donors (Lipinski definition) is 1. The van der Waals surface area contributed by atoms with Crippen LogP contribution in [-0.2, 0) is 13.1 Å². The van der Waals surface area contributed by atoms with Crippen LogP contribution in [0.4, 0.5) is 5.95 Å². The summed E-state index contributed by atoms with van der Waals surface area (Å²) in [6.07, 6.45) is 5.58. The van der Waals surface area contributed by atoms with Gasteiger partial charge in [0.1, 0.15) is 0 Å². The molecule has 4 nitrogen and oxygen atoms in total. The van der Waals surface area contributed by atoms with E-state index in [4.69, 9.17) is 0 Å². The Hall–Kier alpha value is -1.84. The minimum Gasteiger partial charge on any atom is -0.350 e. The molecule has 0 aliphatic rings. The summed E-state index contributed by atoms with van der Waals surface area (Å²) in [4.78, 5) is 8.59. The van der Waals surface area contributed by atoms with Gasteiger partial charge in [0.15, 0.2) is 0 Å². The van der Waals surface area contributed by atoms with Crippen LogP contribution in [0.1, 0.15) is 18.2 Å². The number of aryl methyl sites for hydroxylation is 2. The summed E-state index contributed by atoms with van der Waals surface area (Å²) in [6.45, 7) is 5.79. The zero-order chi connectivity index (χ0) is 11.4. The molecular formula is C12H16N4. The number of aromatic nitrogens is 3. The van der Waals surface area contributed by atoms with E-state index < -0.39 is 0 Å². The Balaban J connectivity index is 2.05. The second-order valence-corrected chi connectivity index (χ2v) is 3.66. The molecule has 0 atom stereocenters. The minimum absolute atomic E-state index is 0.712. The highest BCUT2D eigenvalue weighted by Crippen LogP contribution is 2.08. The molecule has 0 spiro atoms. The maximum atomic E-state index is 4.33. The maximum Gasteiger partial charge on any atom is 0.203 e. The van der Waals surface area contributed by atoms with Gasteiger partial charge in [-0.3, -0.25) is 4.98 Å². The largest absolute Gasteiger partial charge is 0.350 e. The van der Waals surface area contributed by atoms with Crippen molar-refractivity contribution in [1.29, 1.82) is 0 Å². The first-order valence-corrected chi connectivity index (χ1v) is 5.46. The van der Waals surface area contributed by atoms with Crippen molar-refractivity contribution in [2.24, 2.45) is 0 Å². The van der Waals surface area contributed by atoms with Crippen LogP contribution in [0.5, 0.6) is 0 Å². The summed E-state index contributed by atoms with van der Waals surface area (Å²) < 4.78 is 2.07. The van der Waals surface area contributed by atoms with Crippen molar-refractivity contribution in [1.82, 2.24) is 14.5 Å². The second kappa shape index (κ2) is 4.79. The van der Waals surface area contributed by atoms with Crippen LogP contribution in [0.15, 0.2) is 30.7 Å². The lowest BCUT2D eigenvalue weighted by molar-refractivity contribution is 0.761. The van der Waals surface area contributed by atoms with E-state index in [1.165, 1.54) is 5.56 Å². The van der Waals surface area contributed by atoms with Crippen LogP contribution in [0, 0.1) is 6.92 Å². The van der Waals surface area contributed by atoms with Crippen LogP contribution in [0.3, 0.4) is 0 Å². The molecule has 0 saturated carbocycles. The van der Waals surface area contributed by atoms with Gasteiger partial charge in [-0.2, -0.15) is 0 Å². The van der Waals surface area contributed by atoms with Gasteiger partial charge >= 0.3 is 0 Å². The molecule has 0 aliphatic heterocycles. The SMILES string of the molecule is CCn1ccnc1NCc1ncccc1C. The zero-order valence-corrected chi connectivity index (χ0v) is 9.64. The van der Waals surface area contributed by atoms with Crippen LogP contribution in [0.25, 0.3) is 0 Å². The summed E-state index contributed by atoms with van der Waals surface area (Å²) in [5, 5.41) is 3.29. The van der Waals surface area contributed by atoms with Crippen molar-refractivity contribution in [3.8, 4) is 0 Å². The monoisotopic (exact) mass is 216 g/mol. The van der Waals surface area contributed by atoms with Gasteiger partial charge in [-0.1, -0.05) is 6.07 Å². The van der Waals surface area contributed by atoms with Gasteiger partial charge in [-0.05, 0) is 25.5 Å². The molecule has 2 aromatic heterocycles. The normalized spacial score (nSPS) is 10.4. The Morgan fingerprint density at radius 3 is 2.94 bits per heavy atom. The molecule has 16 heavy (non-hydrogen) atoms.